The molecule has 1 N–H and O–H groups in total. The Labute approximate surface area is 98.1 Å². The standard InChI is InChI=1S/C12H9ClN2O/c13-12(16)10-3-1-2-4-11(10)15-9-5-7-14-8-6-9/h1-8H,(H,14,15). The summed E-state index contributed by atoms with van der Waals surface area (Å²) >= 11 is 5.48. The van der Waals surface area contributed by atoms with Crippen molar-refractivity contribution in [1.82, 2.24) is 4.98 Å². The Balaban J connectivity index is 2.31. The number of benzene rings is 1. The minimum Gasteiger partial charge on any atom is -0.355 e. The van der Waals surface area contributed by atoms with E-state index in [1.807, 2.05) is 18.2 Å². The fraction of sp³-hybridized carbons (Fsp3) is 0. The van der Waals surface area contributed by atoms with Crippen LogP contribution in [0.1, 0.15) is 10.4 Å². The van der Waals surface area contributed by atoms with Gasteiger partial charge >= 0.3 is 0 Å². The molecule has 0 amide bonds. The van der Waals surface area contributed by atoms with Crippen LogP contribution in [-0.4, -0.2) is 10.2 Å². The monoisotopic (exact) mass is 232 g/mol. The third kappa shape index (κ3) is 2.38. The topological polar surface area (TPSA) is 42.0 Å². The van der Waals surface area contributed by atoms with Crippen LogP contribution in [0.2, 0.25) is 0 Å². The second-order valence-electron chi connectivity index (χ2n) is 3.18. The van der Waals surface area contributed by atoms with Crippen LogP contribution in [0.15, 0.2) is 48.8 Å². The van der Waals surface area contributed by atoms with Crippen LogP contribution in [0.3, 0.4) is 0 Å². The lowest BCUT2D eigenvalue weighted by Crippen LogP contribution is -1.98. The number of carbonyl (C=O) groups is 1. The Morgan fingerprint density at radius 2 is 1.81 bits per heavy atom. The first-order valence-corrected chi connectivity index (χ1v) is 5.11. The number of carbonyl (C=O) groups excluding carboxylic acids is 1. The zero-order valence-corrected chi connectivity index (χ0v) is 9.11. The molecule has 2 aromatic rings. The van der Waals surface area contributed by atoms with Crippen LogP contribution >= 0.6 is 11.6 Å². The zero-order valence-electron chi connectivity index (χ0n) is 8.35. The molecule has 0 spiro atoms. The van der Waals surface area contributed by atoms with E-state index in [-0.39, 0.29) is 0 Å². The van der Waals surface area contributed by atoms with Crippen molar-refractivity contribution in [3.05, 3.63) is 54.4 Å². The Bertz CT molecular complexity index is 499. The lowest BCUT2D eigenvalue weighted by molar-refractivity contribution is 0.108. The smallest absolute Gasteiger partial charge is 0.254 e. The molecule has 1 aromatic carbocycles. The number of anilines is 2. The molecule has 1 aromatic heterocycles. The maximum atomic E-state index is 11.2. The fourth-order valence-corrected chi connectivity index (χ4v) is 1.52. The number of rotatable bonds is 3. The van der Waals surface area contributed by atoms with Gasteiger partial charge in [-0.25, -0.2) is 0 Å². The third-order valence-electron chi connectivity index (χ3n) is 2.10. The maximum Gasteiger partial charge on any atom is 0.254 e. The summed E-state index contributed by atoms with van der Waals surface area (Å²) in [5.41, 5.74) is 2.01. The van der Waals surface area contributed by atoms with Gasteiger partial charge < -0.3 is 5.32 Å². The quantitative estimate of drug-likeness (QED) is 0.827. The number of hydrogen-bond acceptors (Lipinski definition) is 3. The van der Waals surface area contributed by atoms with Gasteiger partial charge in [0.1, 0.15) is 0 Å². The number of nitrogens with one attached hydrogen (secondary N) is 1. The number of nitrogens with zero attached hydrogens (tertiary/aromatic N) is 1. The van der Waals surface area contributed by atoms with Gasteiger partial charge in [0.2, 0.25) is 0 Å². The van der Waals surface area contributed by atoms with E-state index in [9.17, 15) is 4.79 Å². The minimum absolute atomic E-state index is 0.459. The summed E-state index contributed by atoms with van der Waals surface area (Å²) in [4.78, 5) is 15.1. The van der Waals surface area contributed by atoms with Crippen molar-refractivity contribution in [2.75, 3.05) is 5.32 Å². The molecule has 0 aliphatic heterocycles. The summed E-state index contributed by atoms with van der Waals surface area (Å²) in [6.45, 7) is 0. The van der Waals surface area contributed by atoms with Gasteiger partial charge in [-0.15, -0.1) is 0 Å². The summed E-state index contributed by atoms with van der Waals surface area (Å²) < 4.78 is 0. The summed E-state index contributed by atoms with van der Waals surface area (Å²) in [5, 5.41) is 2.63. The highest BCUT2D eigenvalue weighted by Crippen LogP contribution is 2.21. The number of hydrogen-bond donors (Lipinski definition) is 1. The molecule has 0 saturated heterocycles. The predicted octanol–water partition coefficient (Wildman–Crippen LogP) is 3.20. The van der Waals surface area contributed by atoms with Gasteiger partial charge in [-0.05, 0) is 35.9 Å². The van der Waals surface area contributed by atoms with E-state index < -0.39 is 5.24 Å². The lowest BCUT2D eigenvalue weighted by atomic mass is 10.2. The van der Waals surface area contributed by atoms with Crippen LogP contribution < -0.4 is 5.32 Å². The maximum absolute atomic E-state index is 11.2. The number of pyridine rings is 1. The molecule has 0 fully saturated rings. The Kier molecular flexibility index (Phi) is 3.17. The minimum atomic E-state index is -0.475. The van der Waals surface area contributed by atoms with E-state index >= 15 is 0 Å². The average Bonchev–Trinajstić information content (AvgIpc) is 2.31. The Morgan fingerprint density at radius 1 is 1.12 bits per heavy atom. The fourth-order valence-electron chi connectivity index (χ4n) is 1.35. The molecule has 4 heteroatoms. The first kappa shape index (κ1) is 10.6. The molecule has 0 bridgehead atoms. The summed E-state index contributed by atoms with van der Waals surface area (Å²) in [6, 6.07) is 10.7. The highest BCUT2D eigenvalue weighted by Gasteiger charge is 2.07. The van der Waals surface area contributed by atoms with Gasteiger partial charge in [-0.1, -0.05) is 12.1 Å². The number of halogens is 1. The highest BCUT2D eigenvalue weighted by atomic mass is 35.5. The van der Waals surface area contributed by atoms with Crippen LogP contribution in [0, 0.1) is 0 Å². The van der Waals surface area contributed by atoms with E-state index in [2.05, 4.69) is 10.3 Å². The van der Waals surface area contributed by atoms with Crippen molar-refractivity contribution < 1.29 is 4.79 Å². The highest BCUT2D eigenvalue weighted by molar-refractivity contribution is 6.68. The third-order valence-corrected chi connectivity index (χ3v) is 2.30. The van der Waals surface area contributed by atoms with E-state index in [4.69, 9.17) is 11.6 Å². The molecule has 0 aliphatic rings. The number of para-hydroxylation sites is 1. The van der Waals surface area contributed by atoms with Gasteiger partial charge in [0.05, 0.1) is 11.3 Å². The molecule has 0 aliphatic carbocycles. The molecule has 3 nitrogen and oxygen atoms in total. The molecule has 0 unspecified atom stereocenters. The van der Waals surface area contributed by atoms with E-state index in [0.717, 1.165) is 5.69 Å². The van der Waals surface area contributed by atoms with E-state index in [1.165, 1.54) is 0 Å². The second-order valence-corrected chi connectivity index (χ2v) is 3.52. The Morgan fingerprint density at radius 3 is 2.50 bits per heavy atom. The molecule has 0 radical (unpaired) electrons. The molecular weight excluding hydrogens is 224 g/mol. The van der Waals surface area contributed by atoms with E-state index in [1.54, 1.807) is 30.6 Å². The van der Waals surface area contributed by atoms with Crippen molar-refractivity contribution in [1.29, 1.82) is 0 Å². The molecule has 2 rings (SSSR count). The molecular formula is C12H9ClN2O. The SMILES string of the molecule is O=C(Cl)c1ccccc1Nc1ccncc1. The van der Waals surface area contributed by atoms with Gasteiger partial charge in [-0.3, -0.25) is 9.78 Å². The van der Waals surface area contributed by atoms with Crippen molar-refractivity contribution in [2.45, 2.75) is 0 Å². The van der Waals surface area contributed by atoms with Gasteiger partial charge in [0, 0.05) is 18.1 Å². The van der Waals surface area contributed by atoms with Crippen molar-refractivity contribution in [3.63, 3.8) is 0 Å². The van der Waals surface area contributed by atoms with Crippen LogP contribution in [0.25, 0.3) is 0 Å². The normalized spacial score (nSPS) is 9.81. The van der Waals surface area contributed by atoms with E-state index in [0.29, 0.717) is 11.3 Å². The average molecular weight is 233 g/mol. The summed E-state index contributed by atoms with van der Waals surface area (Å²) in [6.07, 6.45) is 3.35. The molecule has 80 valence electrons. The van der Waals surface area contributed by atoms with Crippen LogP contribution in [0.5, 0.6) is 0 Å². The molecule has 16 heavy (non-hydrogen) atoms. The van der Waals surface area contributed by atoms with Crippen molar-refractivity contribution in [3.8, 4) is 0 Å². The summed E-state index contributed by atoms with van der Waals surface area (Å²) in [7, 11) is 0. The first-order valence-electron chi connectivity index (χ1n) is 4.73. The largest absolute Gasteiger partial charge is 0.355 e. The predicted molar refractivity (Wildman–Crippen MR) is 64.1 cm³/mol. The zero-order chi connectivity index (χ0) is 11.4. The Hall–Kier alpha value is -1.87. The number of aromatic nitrogens is 1. The van der Waals surface area contributed by atoms with Crippen LogP contribution in [-0.2, 0) is 0 Å². The lowest BCUT2D eigenvalue weighted by Gasteiger charge is -2.08. The van der Waals surface area contributed by atoms with Crippen LogP contribution in [0.4, 0.5) is 11.4 Å². The van der Waals surface area contributed by atoms with Crippen molar-refractivity contribution >= 4 is 28.2 Å². The van der Waals surface area contributed by atoms with Crippen molar-refractivity contribution in [2.24, 2.45) is 0 Å². The first-order chi connectivity index (χ1) is 7.77. The van der Waals surface area contributed by atoms with Gasteiger partial charge in [0.25, 0.3) is 5.24 Å². The van der Waals surface area contributed by atoms with Gasteiger partial charge in [-0.2, -0.15) is 0 Å². The molecule has 0 atom stereocenters. The molecule has 0 saturated carbocycles. The second kappa shape index (κ2) is 4.77. The summed E-state index contributed by atoms with van der Waals surface area (Å²) in [5.74, 6) is 0. The van der Waals surface area contributed by atoms with Gasteiger partial charge in [0.15, 0.2) is 0 Å². The molecule has 1 heterocycles.